The molecule has 0 aromatic rings. The molecule has 0 rings (SSSR count). The number of aliphatic hydroxyl groups is 1. The fourth-order valence-electron chi connectivity index (χ4n) is 13.1. The Morgan fingerprint density at radius 2 is 0.447 bits per heavy atom. The highest BCUT2D eigenvalue weighted by molar-refractivity contribution is 7.47. The summed E-state index contributed by atoms with van der Waals surface area (Å²) < 4.78 is 68.7. The van der Waals surface area contributed by atoms with Crippen molar-refractivity contribution in [3.05, 3.63) is 0 Å². The van der Waals surface area contributed by atoms with Crippen LogP contribution in [0.3, 0.4) is 0 Å². The van der Waals surface area contributed by atoms with E-state index in [0.29, 0.717) is 25.7 Å². The minimum Gasteiger partial charge on any atom is -0.462 e. The molecule has 19 heteroatoms. The molecule has 17 nitrogen and oxygen atoms in total. The van der Waals surface area contributed by atoms with Crippen LogP contribution in [0.4, 0.5) is 0 Å². The van der Waals surface area contributed by atoms with Gasteiger partial charge >= 0.3 is 39.5 Å². The van der Waals surface area contributed by atoms with E-state index in [4.69, 9.17) is 37.0 Å². The summed E-state index contributed by atoms with van der Waals surface area (Å²) in [6.07, 6.45) is 69.6. The largest absolute Gasteiger partial charge is 0.472 e. The number of rotatable bonds is 84. The zero-order valence-electron chi connectivity index (χ0n) is 67.5. The Hall–Kier alpha value is -1.94. The van der Waals surface area contributed by atoms with Gasteiger partial charge in [0.25, 0.3) is 0 Å². The number of ether oxygens (including phenoxy) is 4. The highest BCUT2D eigenvalue weighted by Crippen LogP contribution is 2.45. The summed E-state index contributed by atoms with van der Waals surface area (Å²) in [4.78, 5) is 73.0. The van der Waals surface area contributed by atoms with E-state index in [1.54, 1.807) is 0 Å². The molecule has 0 aromatic carbocycles. The molecule has 0 saturated heterocycles. The van der Waals surface area contributed by atoms with Gasteiger partial charge in [-0.25, -0.2) is 9.13 Å². The maximum Gasteiger partial charge on any atom is 0.472 e. The first-order chi connectivity index (χ1) is 50.0. The maximum atomic E-state index is 13.1. The van der Waals surface area contributed by atoms with Gasteiger partial charge in [-0.1, -0.05) is 401 Å². The van der Waals surface area contributed by atoms with E-state index in [0.717, 1.165) is 109 Å². The van der Waals surface area contributed by atoms with E-state index in [-0.39, 0.29) is 25.7 Å². The number of phosphoric acid groups is 2. The fraction of sp³-hybridized carbons (Fsp3) is 0.952. The van der Waals surface area contributed by atoms with Gasteiger partial charge in [-0.05, 0) is 31.6 Å². The third kappa shape index (κ3) is 78.0. The molecule has 0 amide bonds. The molecule has 3 N–H and O–H groups in total. The average Bonchev–Trinajstić information content (AvgIpc) is 0.912. The molecule has 0 heterocycles. The second-order valence-corrected chi connectivity index (χ2v) is 33.6. The van der Waals surface area contributed by atoms with Crippen molar-refractivity contribution in [2.75, 3.05) is 39.6 Å². The molecule has 0 aromatic heterocycles. The highest BCUT2D eigenvalue weighted by atomic mass is 31.2. The lowest BCUT2D eigenvalue weighted by Crippen LogP contribution is -2.30. The molecule has 5 atom stereocenters. The zero-order chi connectivity index (χ0) is 75.5. The molecule has 0 aliphatic carbocycles. The molecule has 0 aliphatic heterocycles. The predicted molar refractivity (Wildman–Crippen MR) is 423 cm³/mol. The molecular weight excluding hydrogens is 1340 g/mol. The van der Waals surface area contributed by atoms with Gasteiger partial charge in [0, 0.05) is 25.7 Å². The first kappa shape index (κ1) is 101. The van der Waals surface area contributed by atoms with Crippen molar-refractivity contribution < 1.29 is 80.2 Å². The van der Waals surface area contributed by atoms with Gasteiger partial charge in [0.1, 0.15) is 19.3 Å². The van der Waals surface area contributed by atoms with Crippen molar-refractivity contribution in [2.24, 2.45) is 5.92 Å². The van der Waals surface area contributed by atoms with Crippen LogP contribution >= 0.6 is 15.6 Å². The monoisotopic (exact) mass is 1510 g/mol. The molecule has 0 fully saturated rings. The number of carbonyl (C=O) groups is 4. The van der Waals surface area contributed by atoms with Gasteiger partial charge in [-0.2, -0.15) is 0 Å². The van der Waals surface area contributed by atoms with E-state index in [1.165, 1.54) is 263 Å². The van der Waals surface area contributed by atoms with Gasteiger partial charge in [-0.3, -0.25) is 37.3 Å². The van der Waals surface area contributed by atoms with Crippen LogP contribution in [0.1, 0.15) is 452 Å². The average molecular weight is 1510 g/mol. The van der Waals surface area contributed by atoms with Crippen LogP contribution in [-0.2, 0) is 65.4 Å². The van der Waals surface area contributed by atoms with E-state index < -0.39 is 97.5 Å². The Bertz CT molecular complexity index is 1960. The van der Waals surface area contributed by atoms with Gasteiger partial charge in [-0.15, -0.1) is 0 Å². The molecule has 103 heavy (non-hydrogen) atoms. The Kier molecular flexibility index (Phi) is 75.4. The molecule has 0 aliphatic rings. The summed E-state index contributed by atoms with van der Waals surface area (Å²) in [5, 5.41) is 10.6. The van der Waals surface area contributed by atoms with Crippen LogP contribution < -0.4 is 0 Å². The first-order valence-corrected chi connectivity index (χ1v) is 46.6. The summed E-state index contributed by atoms with van der Waals surface area (Å²) in [5.41, 5.74) is 0. The van der Waals surface area contributed by atoms with E-state index >= 15 is 0 Å². The fourth-order valence-corrected chi connectivity index (χ4v) is 14.7. The number of carbonyl (C=O) groups excluding carboxylic acids is 4. The van der Waals surface area contributed by atoms with Crippen LogP contribution in [0.25, 0.3) is 0 Å². The summed E-state index contributed by atoms with van der Waals surface area (Å²) in [6, 6.07) is 0. The standard InChI is InChI=1S/C84H164O17P2/c1-6-9-12-15-18-20-22-24-26-28-33-36-40-44-48-53-58-63-68-82(87)95-74-80(101-84(89)70-65-60-55-50-46-42-38-34-30-29-32-35-39-43-47-52-56-61-66-77(4)5)76-99-103(92,93)97-72-78(85)71-96-102(90,91)98-75-79(73-94-81(86)67-62-57-51-17-14-11-8-3)100-83(88)69-64-59-54-49-45-41-37-31-27-25-23-21-19-16-13-10-7-2/h77-80,85H,6-76H2,1-5H3,(H,90,91)(H,92,93)/t78-,79+,80+/m0/s1. The molecule has 612 valence electrons. The van der Waals surface area contributed by atoms with Crippen LogP contribution in [0.5, 0.6) is 0 Å². The molecule has 0 spiro atoms. The van der Waals surface area contributed by atoms with Crippen molar-refractivity contribution in [3.8, 4) is 0 Å². The Morgan fingerprint density at radius 1 is 0.262 bits per heavy atom. The molecule has 0 radical (unpaired) electrons. The second-order valence-electron chi connectivity index (χ2n) is 30.7. The summed E-state index contributed by atoms with van der Waals surface area (Å²) >= 11 is 0. The molecule has 0 bridgehead atoms. The van der Waals surface area contributed by atoms with Crippen molar-refractivity contribution in [1.29, 1.82) is 0 Å². The van der Waals surface area contributed by atoms with Crippen LogP contribution in [0.15, 0.2) is 0 Å². The number of esters is 4. The Morgan fingerprint density at radius 3 is 0.660 bits per heavy atom. The summed E-state index contributed by atoms with van der Waals surface area (Å²) in [5.74, 6) is -1.29. The van der Waals surface area contributed by atoms with E-state index in [2.05, 4.69) is 34.6 Å². The van der Waals surface area contributed by atoms with E-state index in [9.17, 15) is 43.2 Å². The first-order valence-electron chi connectivity index (χ1n) is 43.6. The van der Waals surface area contributed by atoms with Crippen molar-refractivity contribution in [3.63, 3.8) is 0 Å². The van der Waals surface area contributed by atoms with E-state index in [1.807, 2.05) is 0 Å². The number of hydrogen-bond acceptors (Lipinski definition) is 15. The highest BCUT2D eigenvalue weighted by Gasteiger charge is 2.30. The van der Waals surface area contributed by atoms with Gasteiger partial charge in [0.05, 0.1) is 26.4 Å². The Labute approximate surface area is 632 Å². The van der Waals surface area contributed by atoms with Gasteiger partial charge in [0.15, 0.2) is 12.2 Å². The maximum absolute atomic E-state index is 13.1. The van der Waals surface area contributed by atoms with Gasteiger partial charge < -0.3 is 33.8 Å². The number of hydrogen-bond donors (Lipinski definition) is 3. The number of aliphatic hydroxyl groups excluding tert-OH is 1. The quantitative estimate of drug-likeness (QED) is 0.0222. The van der Waals surface area contributed by atoms with Crippen LogP contribution in [0.2, 0.25) is 0 Å². The smallest absolute Gasteiger partial charge is 0.462 e. The summed E-state index contributed by atoms with van der Waals surface area (Å²) in [6.45, 7) is 7.35. The van der Waals surface area contributed by atoms with Gasteiger partial charge in [0.2, 0.25) is 0 Å². The number of unbranched alkanes of at least 4 members (excludes halogenated alkanes) is 56. The normalized spacial score (nSPS) is 13.8. The minimum absolute atomic E-state index is 0.109. The topological polar surface area (TPSA) is 237 Å². The second kappa shape index (κ2) is 76.8. The predicted octanol–water partition coefficient (Wildman–Crippen LogP) is 25.6. The Balaban J connectivity index is 5.16. The molecular formula is C84H164O17P2. The lowest BCUT2D eigenvalue weighted by Gasteiger charge is -2.21. The lowest BCUT2D eigenvalue weighted by atomic mass is 10.0. The third-order valence-electron chi connectivity index (χ3n) is 19.8. The van der Waals surface area contributed by atoms with Crippen molar-refractivity contribution in [1.82, 2.24) is 0 Å². The SMILES string of the molecule is CCCCCCCCCCCCCCCCCCCCC(=O)OC[C@H](COP(=O)(O)OC[C@@H](O)COP(=O)(O)OC[C@@H](COC(=O)CCCCCCCCC)OC(=O)CCCCCCCCCCCCCCCCCCC)OC(=O)CCCCCCCCCCCCCCCCCCCCC(C)C. The summed E-state index contributed by atoms with van der Waals surface area (Å²) in [7, 11) is -9.92. The molecule has 0 saturated carbocycles. The molecule has 2 unspecified atom stereocenters. The third-order valence-corrected chi connectivity index (χ3v) is 21.7. The zero-order valence-corrected chi connectivity index (χ0v) is 69.3. The van der Waals surface area contributed by atoms with Crippen LogP contribution in [0, 0.1) is 5.92 Å². The minimum atomic E-state index is -4.96. The number of phosphoric ester groups is 2. The van der Waals surface area contributed by atoms with Crippen molar-refractivity contribution in [2.45, 2.75) is 470 Å². The van der Waals surface area contributed by atoms with Crippen molar-refractivity contribution >= 4 is 39.5 Å². The van der Waals surface area contributed by atoms with Crippen LogP contribution in [-0.4, -0.2) is 96.7 Å². The lowest BCUT2D eigenvalue weighted by molar-refractivity contribution is -0.161.